The fourth-order valence-corrected chi connectivity index (χ4v) is 2.98. The smallest absolute Gasteiger partial charge is 0.338 e. The first-order chi connectivity index (χ1) is 12.0. The minimum absolute atomic E-state index is 0.226. The molecule has 128 valence electrons. The summed E-state index contributed by atoms with van der Waals surface area (Å²) >= 11 is 0. The van der Waals surface area contributed by atoms with Crippen molar-refractivity contribution >= 4 is 17.7 Å². The summed E-state index contributed by atoms with van der Waals surface area (Å²) in [6.45, 7) is -0.310. The molecule has 0 atom stereocenters. The maximum Gasteiger partial charge on any atom is 0.338 e. The molecule has 0 fully saturated rings. The van der Waals surface area contributed by atoms with Crippen LogP contribution in [0.1, 0.15) is 55.0 Å². The van der Waals surface area contributed by atoms with E-state index in [0.29, 0.717) is 11.1 Å². The van der Waals surface area contributed by atoms with Gasteiger partial charge in [-0.15, -0.1) is 0 Å². The number of carbonyl (C=O) groups excluding carboxylic acids is 3. The summed E-state index contributed by atoms with van der Waals surface area (Å²) in [7, 11) is 0. The van der Waals surface area contributed by atoms with E-state index in [9.17, 15) is 14.4 Å². The molecular formula is C20H19NO4. The summed E-state index contributed by atoms with van der Waals surface area (Å²) < 4.78 is 5.08. The summed E-state index contributed by atoms with van der Waals surface area (Å²) in [5.74, 6) is -1.40. The molecule has 0 spiro atoms. The van der Waals surface area contributed by atoms with Crippen molar-refractivity contribution in [2.75, 3.05) is 6.61 Å². The highest BCUT2D eigenvalue weighted by atomic mass is 16.5. The fraction of sp³-hybridized carbons (Fsp3) is 0.250. The molecule has 0 unspecified atom stereocenters. The minimum Gasteiger partial charge on any atom is -0.454 e. The van der Waals surface area contributed by atoms with E-state index in [0.717, 1.165) is 19.3 Å². The van der Waals surface area contributed by atoms with Crippen LogP contribution in [0.4, 0.5) is 0 Å². The summed E-state index contributed by atoms with van der Waals surface area (Å²) in [5.41, 5.74) is 8.81. The van der Waals surface area contributed by atoms with Crippen LogP contribution >= 0.6 is 0 Å². The number of ether oxygens (including phenoxy) is 1. The Labute approximate surface area is 145 Å². The van der Waals surface area contributed by atoms with Crippen molar-refractivity contribution in [3.8, 4) is 0 Å². The van der Waals surface area contributed by atoms with E-state index >= 15 is 0 Å². The molecule has 2 aromatic carbocycles. The summed E-state index contributed by atoms with van der Waals surface area (Å²) in [6, 6.07) is 11.5. The van der Waals surface area contributed by atoms with Gasteiger partial charge in [-0.05, 0) is 67.1 Å². The van der Waals surface area contributed by atoms with Crippen LogP contribution in [0.3, 0.4) is 0 Å². The van der Waals surface area contributed by atoms with Crippen LogP contribution in [0.5, 0.6) is 0 Å². The third-order valence-corrected chi connectivity index (χ3v) is 4.41. The normalized spacial score (nSPS) is 13.0. The lowest BCUT2D eigenvalue weighted by Gasteiger charge is -2.16. The van der Waals surface area contributed by atoms with Gasteiger partial charge in [0.25, 0.3) is 0 Å². The first-order valence-electron chi connectivity index (χ1n) is 8.26. The molecule has 5 nitrogen and oxygen atoms in total. The Morgan fingerprint density at radius 3 is 2.12 bits per heavy atom. The number of benzene rings is 2. The van der Waals surface area contributed by atoms with Crippen molar-refractivity contribution in [3.05, 3.63) is 70.3 Å². The Hall–Kier alpha value is -2.95. The van der Waals surface area contributed by atoms with Crippen LogP contribution < -0.4 is 5.73 Å². The van der Waals surface area contributed by atoms with Gasteiger partial charge in [0, 0.05) is 11.1 Å². The number of Topliss-reactive ketones (excluding diaryl/α,β-unsaturated/α-hetero) is 1. The molecule has 2 N–H and O–H groups in total. The Bertz CT molecular complexity index is 824. The van der Waals surface area contributed by atoms with Crippen molar-refractivity contribution in [2.45, 2.75) is 25.7 Å². The maximum atomic E-state index is 12.3. The monoisotopic (exact) mass is 337 g/mol. The topological polar surface area (TPSA) is 86.5 Å². The second-order valence-electron chi connectivity index (χ2n) is 6.13. The number of primary amides is 1. The van der Waals surface area contributed by atoms with Gasteiger partial charge in [-0.25, -0.2) is 4.79 Å². The second kappa shape index (κ2) is 7.30. The third kappa shape index (κ3) is 3.94. The Balaban J connectivity index is 1.61. The standard InChI is InChI=1S/C20H19NO4/c21-19(23)14-6-8-15(9-7-14)20(24)25-12-18(22)17-10-5-13-3-1-2-4-16(13)11-17/h5-11H,1-4,12H2,(H2,21,23). The zero-order chi connectivity index (χ0) is 17.8. The summed E-state index contributed by atoms with van der Waals surface area (Å²) in [6.07, 6.45) is 4.37. The minimum atomic E-state index is -0.609. The van der Waals surface area contributed by atoms with Gasteiger partial charge in [-0.2, -0.15) is 0 Å². The predicted molar refractivity (Wildman–Crippen MR) is 92.7 cm³/mol. The van der Waals surface area contributed by atoms with Crippen molar-refractivity contribution in [2.24, 2.45) is 5.73 Å². The second-order valence-corrected chi connectivity index (χ2v) is 6.13. The number of aryl methyl sites for hydroxylation is 2. The van der Waals surface area contributed by atoms with E-state index in [-0.39, 0.29) is 18.0 Å². The number of ketones is 1. The van der Waals surface area contributed by atoms with E-state index in [1.165, 1.54) is 41.8 Å². The average molecular weight is 337 g/mol. The molecule has 0 saturated carbocycles. The molecule has 1 aliphatic rings. The van der Waals surface area contributed by atoms with E-state index in [1.807, 2.05) is 12.1 Å². The van der Waals surface area contributed by atoms with Crippen LogP contribution in [0.2, 0.25) is 0 Å². The number of esters is 1. The van der Waals surface area contributed by atoms with Crippen molar-refractivity contribution in [1.29, 1.82) is 0 Å². The van der Waals surface area contributed by atoms with Crippen LogP contribution in [-0.2, 0) is 17.6 Å². The molecule has 1 amide bonds. The highest BCUT2D eigenvalue weighted by molar-refractivity contribution is 6.00. The predicted octanol–water partition coefficient (Wildman–Crippen LogP) is 2.70. The van der Waals surface area contributed by atoms with Crippen LogP contribution in [0.15, 0.2) is 42.5 Å². The Morgan fingerprint density at radius 1 is 0.840 bits per heavy atom. The van der Waals surface area contributed by atoms with E-state index in [4.69, 9.17) is 10.5 Å². The number of hydrogen-bond donors (Lipinski definition) is 1. The molecule has 0 heterocycles. The Morgan fingerprint density at radius 2 is 1.44 bits per heavy atom. The quantitative estimate of drug-likeness (QED) is 0.671. The first-order valence-corrected chi connectivity index (χ1v) is 8.26. The van der Waals surface area contributed by atoms with Crippen LogP contribution in [-0.4, -0.2) is 24.3 Å². The van der Waals surface area contributed by atoms with Gasteiger partial charge in [-0.1, -0.05) is 12.1 Å². The molecule has 0 bridgehead atoms. The van der Waals surface area contributed by atoms with Gasteiger partial charge in [-0.3, -0.25) is 9.59 Å². The lowest BCUT2D eigenvalue weighted by molar-refractivity contribution is 0.0474. The number of fused-ring (bicyclic) bond motifs is 1. The maximum absolute atomic E-state index is 12.3. The highest BCUT2D eigenvalue weighted by Gasteiger charge is 2.15. The first kappa shape index (κ1) is 16.9. The molecule has 2 aromatic rings. The fourth-order valence-electron chi connectivity index (χ4n) is 2.98. The van der Waals surface area contributed by atoms with Crippen molar-refractivity contribution < 1.29 is 19.1 Å². The average Bonchev–Trinajstić information content (AvgIpc) is 2.65. The van der Waals surface area contributed by atoms with E-state index in [1.54, 1.807) is 6.07 Å². The third-order valence-electron chi connectivity index (χ3n) is 4.41. The molecule has 1 aliphatic carbocycles. The van der Waals surface area contributed by atoms with Gasteiger partial charge in [0.15, 0.2) is 12.4 Å². The molecule has 3 rings (SSSR count). The van der Waals surface area contributed by atoms with Gasteiger partial charge in [0.1, 0.15) is 0 Å². The van der Waals surface area contributed by atoms with Crippen LogP contribution in [0, 0.1) is 0 Å². The van der Waals surface area contributed by atoms with Gasteiger partial charge >= 0.3 is 5.97 Å². The molecule has 0 radical (unpaired) electrons. The number of nitrogens with two attached hydrogens (primary N) is 1. The number of rotatable bonds is 5. The van der Waals surface area contributed by atoms with Crippen molar-refractivity contribution in [1.82, 2.24) is 0 Å². The van der Waals surface area contributed by atoms with E-state index < -0.39 is 11.9 Å². The van der Waals surface area contributed by atoms with E-state index in [2.05, 4.69) is 0 Å². The molecule has 25 heavy (non-hydrogen) atoms. The largest absolute Gasteiger partial charge is 0.454 e. The highest BCUT2D eigenvalue weighted by Crippen LogP contribution is 2.22. The zero-order valence-corrected chi connectivity index (χ0v) is 13.8. The van der Waals surface area contributed by atoms with Crippen molar-refractivity contribution in [3.63, 3.8) is 0 Å². The number of carbonyl (C=O) groups is 3. The molecular weight excluding hydrogens is 318 g/mol. The SMILES string of the molecule is NC(=O)c1ccc(C(=O)OCC(=O)c2ccc3c(c2)CCCC3)cc1. The summed E-state index contributed by atoms with van der Waals surface area (Å²) in [5, 5.41) is 0. The zero-order valence-electron chi connectivity index (χ0n) is 13.8. The lowest BCUT2D eigenvalue weighted by Crippen LogP contribution is -2.16. The Kier molecular flexibility index (Phi) is 4.93. The lowest BCUT2D eigenvalue weighted by atomic mass is 9.90. The summed E-state index contributed by atoms with van der Waals surface area (Å²) in [4.78, 5) is 35.3. The van der Waals surface area contributed by atoms with Crippen LogP contribution in [0.25, 0.3) is 0 Å². The van der Waals surface area contributed by atoms with Gasteiger partial charge in [0.05, 0.1) is 5.56 Å². The van der Waals surface area contributed by atoms with Gasteiger partial charge in [0.2, 0.25) is 5.91 Å². The molecule has 0 saturated heterocycles. The van der Waals surface area contributed by atoms with Gasteiger partial charge < -0.3 is 10.5 Å². The molecule has 0 aromatic heterocycles. The number of hydrogen-bond acceptors (Lipinski definition) is 4. The number of amides is 1. The molecule has 5 heteroatoms. The molecule has 0 aliphatic heterocycles.